The third-order valence-electron chi connectivity index (χ3n) is 14.8. The lowest BCUT2D eigenvalue weighted by molar-refractivity contribution is -0.167. The number of unbranched alkanes of at least 4 members (excludes halogenated alkanes) is 47. The van der Waals surface area contributed by atoms with E-state index in [1.54, 1.807) is 0 Å². The van der Waals surface area contributed by atoms with Crippen LogP contribution in [0.2, 0.25) is 0 Å². The third-order valence-corrected chi connectivity index (χ3v) is 14.8. The SMILES string of the molecule is CCCCCCCCCC/C=C\CCCCCCCCCCCC(=O)OCC(COC(=O)CCCCCCCCCCCCCCCCCC)OC(=O)CCCCCCCCCCCCCCCCCC. The van der Waals surface area contributed by atoms with Gasteiger partial charge in [-0.2, -0.15) is 0 Å². The topological polar surface area (TPSA) is 78.9 Å². The molecule has 0 aliphatic rings. The summed E-state index contributed by atoms with van der Waals surface area (Å²) < 4.78 is 17.0. The van der Waals surface area contributed by atoms with Crippen LogP contribution in [-0.4, -0.2) is 37.2 Å². The molecule has 0 radical (unpaired) electrons. The van der Waals surface area contributed by atoms with Gasteiger partial charge in [0.2, 0.25) is 0 Å². The molecule has 0 aliphatic heterocycles. The van der Waals surface area contributed by atoms with E-state index in [1.807, 2.05) is 0 Å². The van der Waals surface area contributed by atoms with E-state index in [0.29, 0.717) is 19.3 Å². The first-order valence-corrected chi connectivity index (χ1v) is 32.2. The average molecular weight is 1000 g/mol. The molecule has 0 bridgehead atoms. The quantitative estimate of drug-likeness (QED) is 0.0261. The summed E-state index contributed by atoms with van der Waals surface area (Å²) in [4.78, 5) is 38.3. The maximum atomic E-state index is 12.9. The van der Waals surface area contributed by atoms with Crippen LogP contribution in [0.1, 0.15) is 367 Å². The van der Waals surface area contributed by atoms with E-state index in [9.17, 15) is 14.4 Å². The van der Waals surface area contributed by atoms with Crippen LogP contribution in [-0.2, 0) is 28.6 Å². The lowest BCUT2D eigenvalue weighted by atomic mass is 10.0. The summed E-state index contributed by atoms with van der Waals surface area (Å²) in [6, 6.07) is 0. The Labute approximate surface area is 443 Å². The first kappa shape index (κ1) is 69.2. The largest absolute Gasteiger partial charge is 0.462 e. The highest BCUT2D eigenvalue weighted by Crippen LogP contribution is 2.18. The molecule has 0 N–H and O–H groups in total. The van der Waals surface area contributed by atoms with E-state index in [4.69, 9.17) is 14.2 Å². The molecule has 0 aliphatic carbocycles. The van der Waals surface area contributed by atoms with Crippen molar-refractivity contribution in [1.82, 2.24) is 0 Å². The standard InChI is InChI=1S/C65H124O6/c1-4-7-10-13-16-19-22-25-28-31-32-33-34-35-38-40-43-46-49-52-55-58-64(67)70-61-62(71-65(68)59-56-53-50-47-44-41-37-30-27-24-21-18-15-12-9-6-3)60-69-63(66)57-54-51-48-45-42-39-36-29-26-23-20-17-14-11-8-5-2/h31-32,62H,4-30,33-61H2,1-3H3/b32-31-. The van der Waals surface area contributed by atoms with Crippen LogP contribution < -0.4 is 0 Å². The van der Waals surface area contributed by atoms with Gasteiger partial charge in [-0.3, -0.25) is 14.4 Å². The van der Waals surface area contributed by atoms with Crippen molar-refractivity contribution in [2.45, 2.75) is 374 Å². The fourth-order valence-corrected chi connectivity index (χ4v) is 9.91. The molecule has 0 fully saturated rings. The van der Waals surface area contributed by atoms with Crippen LogP contribution in [0, 0.1) is 0 Å². The summed E-state index contributed by atoms with van der Waals surface area (Å²) in [5.41, 5.74) is 0. The molecule has 0 aromatic carbocycles. The Morgan fingerprint density at radius 2 is 0.465 bits per heavy atom. The maximum absolute atomic E-state index is 12.9. The van der Waals surface area contributed by atoms with Crippen molar-refractivity contribution in [3.8, 4) is 0 Å². The van der Waals surface area contributed by atoms with Gasteiger partial charge >= 0.3 is 17.9 Å². The van der Waals surface area contributed by atoms with Crippen LogP contribution in [0.25, 0.3) is 0 Å². The maximum Gasteiger partial charge on any atom is 0.306 e. The summed E-state index contributed by atoms with van der Waals surface area (Å²) in [7, 11) is 0. The van der Waals surface area contributed by atoms with Crippen LogP contribution in [0.4, 0.5) is 0 Å². The molecule has 0 aromatic heterocycles. The Morgan fingerprint density at radius 1 is 0.268 bits per heavy atom. The monoisotopic (exact) mass is 1000 g/mol. The lowest BCUT2D eigenvalue weighted by Crippen LogP contribution is -2.30. The van der Waals surface area contributed by atoms with Gasteiger partial charge in [-0.15, -0.1) is 0 Å². The van der Waals surface area contributed by atoms with E-state index in [1.165, 1.54) is 270 Å². The molecule has 0 heterocycles. The highest BCUT2D eigenvalue weighted by atomic mass is 16.6. The van der Waals surface area contributed by atoms with Crippen molar-refractivity contribution in [3.63, 3.8) is 0 Å². The van der Waals surface area contributed by atoms with Crippen molar-refractivity contribution in [2.75, 3.05) is 13.2 Å². The van der Waals surface area contributed by atoms with E-state index in [-0.39, 0.29) is 31.1 Å². The van der Waals surface area contributed by atoms with E-state index in [0.717, 1.165) is 57.8 Å². The molecule has 0 rings (SSSR count). The van der Waals surface area contributed by atoms with Gasteiger partial charge in [-0.05, 0) is 44.9 Å². The first-order chi connectivity index (χ1) is 35.0. The molecule has 0 saturated heterocycles. The molecular formula is C65H124O6. The lowest BCUT2D eigenvalue weighted by Gasteiger charge is -2.18. The van der Waals surface area contributed by atoms with Crippen LogP contribution in [0.3, 0.4) is 0 Å². The van der Waals surface area contributed by atoms with Gasteiger partial charge in [0, 0.05) is 19.3 Å². The highest BCUT2D eigenvalue weighted by Gasteiger charge is 2.19. The second-order valence-electron chi connectivity index (χ2n) is 22.0. The van der Waals surface area contributed by atoms with Crippen molar-refractivity contribution in [2.24, 2.45) is 0 Å². The Kier molecular flexibility index (Phi) is 59.1. The third kappa shape index (κ3) is 58.9. The average Bonchev–Trinajstić information content (AvgIpc) is 3.37. The van der Waals surface area contributed by atoms with Gasteiger partial charge in [0.1, 0.15) is 13.2 Å². The predicted octanol–water partition coefficient (Wildman–Crippen LogP) is 21.7. The van der Waals surface area contributed by atoms with E-state index >= 15 is 0 Å². The summed E-state index contributed by atoms with van der Waals surface area (Å²) in [6.45, 7) is 6.72. The zero-order valence-corrected chi connectivity index (χ0v) is 48.3. The van der Waals surface area contributed by atoms with Crippen molar-refractivity contribution < 1.29 is 28.6 Å². The second-order valence-corrected chi connectivity index (χ2v) is 22.0. The number of carbonyl (C=O) groups excluding carboxylic acids is 3. The molecule has 0 aromatic rings. The minimum absolute atomic E-state index is 0.0638. The number of carbonyl (C=O) groups is 3. The number of hydrogen-bond acceptors (Lipinski definition) is 6. The van der Waals surface area contributed by atoms with Gasteiger partial charge in [0.05, 0.1) is 0 Å². The molecule has 0 amide bonds. The van der Waals surface area contributed by atoms with Gasteiger partial charge in [0.25, 0.3) is 0 Å². The number of ether oxygens (including phenoxy) is 3. The van der Waals surface area contributed by atoms with Gasteiger partial charge in [-0.1, -0.05) is 315 Å². The van der Waals surface area contributed by atoms with Crippen molar-refractivity contribution in [3.05, 3.63) is 12.2 Å². The Morgan fingerprint density at radius 3 is 0.704 bits per heavy atom. The zero-order valence-electron chi connectivity index (χ0n) is 48.3. The van der Waals surface area contributed by atoms with Crippen molar-refractivity contribution in [1.29, 1.82) is 0 Å². The minimum atomic E-state index is -0.766. The molecule has 71 heavy (non-hydrogen) atoms. The first-order valence-electron chi connectivity index (χ1n) is 32.2. The predicted molar refractivity (Wildman–Crippen MR) is 307 cm³/mol. The molecular weight excluding hydrogens is 877 g/mol. The molecule has 0 spiro atoms. The molecule has 1 atom stereocenters. The van der Waals surface area contributed by atoms with Gasteiger partial charge < -0.3 is 14.2 Å². The molecule has 6 heteroatoms. The van der Waals surface area contributed by atoms with Crippen LogP contribution >= 0.6 is 0 Å². The number of rotatable bonds is 60. The Hall–Kier alpha value is -1.85. The van der Waals surface area contributed by atoms with Crippen molar-refractivity contribution >= 4 is 17.9 Å². The number of esters is 3. The van der Waals surface area contributed by atoms with Gasteiger partial charge in [0.15, 0.2) is 6.10 Å². The fourth-order valence-electron chi connectivity index (χ4n) is 9.91. The smallest absolute Gasteiger partial charge is 0.306 e. The zero-order chi connectivity index (χ0) is 51.4. The number of allylic oxidation sites excluding steroid dienone is 2. The van der Waals surface area contributed by atoms with E-state index < -0.39 is 6.10 Å². The van der Waals surface area contributed by atoms with E-state index in [2.05, 4.69) is 32.9 Å². The fraction of sp³-hybridized carbons (Fsp3) is 0.923. The summed E-state index contributed by atoms with van der Waals surface area (Å²) in [5.74, 6) is -0.834. The molecule has 420 valence electrons. The molecule has 1 unspecified atom stereocenters. The summed E-state index contributed by atoms with van der Waals surface area (Å²) in [6.07, 6.45) is 70.7. The number of hydrogen-bond donors (Lipinski definition) is 0. The van der Waals surface area contributed by atoms with Crippen LogP contribution in [0.15, 0.2) is 12.2 Å². The Balaban J connectivity index is 4.28. The Bertz CT molecular complexity index is 1100. The highest BCUT2D eigenvalue weighted by molar-refractivity contribution is 5.71. The molecule has 6 nitrogen and oxygen atoms in total. The summed E-state index contributed by atoms with van der Waals surface area (Å²) >= 11 is 0. The minimum Gasteiger partial charge on any atom is -0.462 e. The molecule has 0 saturated carbocycles. The second kappa shape index (κ2) is 60.7. The normalized spacial score (nSPS) is 12.0. The summed E-state index contributed by atoms with van der Waals surface area (Å²) in [5, 5.41) is 0. The van der Waals surface area contributed by atoms with Crippen LogP contribution in [0.5, 0.6) is 0 Å². The van der Waals surface area contributed by atoms with Gasteiger partial charge in [-0.25, -0.2) is 0 Å².